The van der Waals surface area contributed by atoms with Crippen LogP contribution < -0.4 is 5.73 Å². The summed E-state index contributed by atoms with van der Waals surface area (Å²) in [6.45, 7) is 2.60. The minimum absolute atomic E-state index is 0.0376. The summed E-state index contributed by atoms with van der Waals surface area (Å²) in [5, 5.41) is 0. The minimum Gasteiger partial charge on any atom is -0.369 e. The fourth-order valence-electron chi connectivity index (χ4n) is 2.96. The first kappa shape index (κ1) is 16.2. The second kappa shape index (κ2) is 6.09. The van der Waals surface area contributed by atoms with E-state index in [-0.39, 0.29) is 17.9 Å². The third kappa shape index (κ3) is 3.03. The zero-order chi connectivity index (χ0) is 15.9. The molecule has 122 valence electrons. The summed E-state index contributed by atoms with van der Waals surface area (Å²) < 4.78 is 27.0. The number of sulfonamides is 1. The number of nitrogens with zero attached hydrogens (tertiary/aromatic N) is 2. The molecule has 2 aliphatic rings. The van der Waals surface area contributed by atoms with Crippen LogP contribution in [-0.4, -0.2) is 55.8 Å². The minimum atomic E-state index is -3.41. The summed E-state index contributed by atoms with van der Waals surface area (Å²) in [6, 6.07) is 3.39. The number of hydrogen-bond acceptors (Lipinski definition) is 5. The molecule has 22 heavy (non-hydrogen) atoms. The molecule has 1 aromatic rings. The van der Waals surface area contributed by atoms with Gasteiger partial charge in [0, 0.05) is 25.0 Å². The normalized spacial score (nSPS) is 22.6. The monoisotopic (exact) mass is 363 g/mol. The molecule has 1 amide bonds. The number of amides is 1. The zero-order valence-electron chi connectivity index (χ0n) is 11.9. The quantitative estimate of drug-likeness (QED) is 0.864. The summed E-state index contributed by atoms with van der Waals surface area (Å²) in [5.41, 5.74) is 5.33. The van der Waals surface area contributed by atoms with Crippen LogP contribution in [-0.2, 0) is 14.8 Å². The van der Waals surface area contributed by atoms with Crippen molar-refractivity contribution < 1.29 is 13.2 Å². The van der Waals surface area contributed by atoms with Gasteiger partial charge in [-0.25, -0.2) is 8.42 Å². The third-order valence-electron chi connectivity index (χ3n) is 4.42. The average Bonchev–Trinajstić information content (AvgIpc) is 2.85. The molecule has 3 heterocycles. The Kier molecular flexibility index (Phi) is 4.48. The van der Waals surface area contributed by atoms with Gasteiger partial charge in [-0.15, -0.1) is 11.3 Å². The van der Waals surface area contributed by atoms with E-state index < -0.39 is 10.0 Å². The molecule has 6 nitrogen and oxygen atoms in total. The number of rotatable bonds is 4. The molecular formula is C13H18ClN3O3S2. The van der Waals surface area contributed by atoms with Gasteiger partial charge in [-0.05, 0) is 38.1 Å². The molecule has 1 aromatic heterocycles. The van der Waals surface area contributed by atoms with Gasteiger partial charge in [-0.2, -0.15) is 4.31 Å². The van der Waals surface area contributed by atoms with Gasteiger partial charge >= 0.3 is 0 Å². The third-order valence-corrected chi connectivity index (χ3v) is 7.95. The molecule has 0 atom stereocenters. The molecule has 0 bridgehead atoms. The number of nitrogens with two attached hydrogens (primary N) is 1. The number of likely N-dealkylation sites (tertiary alicyclic amines) is 1. The van der Waals surface area contributed by atoms with Crippen LogP contribution >= 0.6 is 22.9 Å². The molecule has 0 spiro atoms. The molecule has 2 fully saturated rings. The van der Waals surface area contributed by atoms with Crippen LogP contribution in [0.3, 0.4) is 0 Å². The summed E-state index contributed by atoms with van der Waals surface area (Å²) in [5.74, 6) is -0.267. The molecule has 0 unspecified atom stereocenters. The van der Waals surface area contributed by atoms with Crippen LogP contribution in [0.1, 0.15) is 12.8 Å². The van der Waals surface area contributed by atoms with Gasteiger partial charge in [0.2, 0.25) is 5.91 Å². The lowest BCUT2D eigenvalue weighted by Crippen LogP contribution is -2.62. The van der Waals surface area contributed by atoms with E-state index in [0.29, 0.717) is 21.6 Å². The van der Waals surface area contributed by atoms with E-state index in [1.54, 1.807) is 12.1 Å². The Morgan fingerprint density at radius 2 is 1.91 bits per heavy atom. The number of piperidine rings is 1. The predicted octanol–water partition coefficient (Wildman–Crippen LogP) is 0.972. The van der Waals surface area contributed by atoms with Crippen LogP contribution in [0.25, 0.3) is 0 Å². The van der Waals surface area contributed by atoms with Crippen molar-refractivity contribution in [3.63, 3.8) is 0 Å². The van der Waals surface area contributed by atoms with Crippen LogP contribution in [0.5, 0.6) is 0 Å². The van der Waals surface area contributed by atoms with Crippen LogP contribution in [0.15, 0.2) is 16.3 Å². The molecule has 3 rings (SSSR count). The Bertz CT molecular complexity index is 662. The number of hydrogen-bond donors (Lipinski definition) is 1. The molecule has 0 saturated carbocycles. The smallest absolute Gasteiger partial charge is 0.252 e. The molecule has 0 aromatic carbocycles. The van der Waals surface area contributed by atoms with E-state index in [9.17, 15) is 13.2 Å². The van der Waals surface area contributed by atoms with Crippen molar-refractivity contribution in [2.75, 3.05) is 26.2 Å². The van der Waals surface area contributed by atoms with Crippen molar-refractivity contribution in [2.24, 2.45) is 11.7 Å². The fourth-order valence-corrected chi connectivity index (χ4v) is 6.11. The molecule has 2 N–H and O–H groups in total. The maximum absolute atomic E-state index is 12.4. The van der Waals surface area contributed by atoms with E-state index >= 15 is 0 Å². The van der Waals surface area contributed by atoms with Gasteiger partial charge in [0.05, 0.1) is 4.34 Å². The molecule has 2 saturated heterocycles. The Morgan fingerprint density at radius 3 is 2.41 bits per heavy atom. The van der Waals surface area contributed by atoms with E-state index in [0.717, 1.165) is 37.3 Å². The number of halogens is 1. The van der Waals surface area contributed by atoms with Crippen molar-refractivity contribution in [3.05, 3.63) is 16.5 Å². The summed E-state index contributed by atoms with van der Waals surface area (Å²) >= 11 is 6.89. The molecule has 0 radical (unpaired) electrons. The lowest BCUT2D eigenvalue weighted by atomic mass is 9.94. The lowest BCUT2D eigenvalue weighted by molar-refractivity contribution is -0.123. The Hall–Kier alpha value is -0.670. The average molecular weight is 364 g/mol. The SMILES string of the molecule is NC(=O)C1CCN(C2CN(S(=O)(=O)c3ccc(Cl)s3)C2)CC1. The van der Waals surface area contributed by atoms with Crippen molar-refractivity contribution in [1.82, 2.24) is 9.21 Å². The number of carbonyl (C=O) groups is 1. The number of thiophene rings is 1. The predicted molar refractivity (Wildman–Crippen MR) is 85.4 cm³/mol. The zero-order valence-corrected chi connectivity index (χ0v) is 14.3. The highest BCUT2D eigenvalue weighted by Crippen LogP contribution is 2.32. The molecule has 0 aliphatic carbocycles. The first-order valence-electron chi connectivity index (χ1n) is 7.17. The van der Waals surface area contributed by atoms with Gasteiger partial charge in [0.25, 0.3) is 10.0 Å². The highest BCUT2D eigenvalue weighted by molar-refractivity contribution is 7.91. The Balaban J connectivity index is 1.55. The standard InChI is InChI=1S/C13H18ClN3O3S2/c14-11-1-2-12(21-11)22(19,20)17-7-10(8-17)16-5-3-9(4-6-16)13(15)18/h1-2,9-10H,3-8H2,(H2,15,18). The maximum Gasteiger partial charge on any atom is 0.252 e. The van der Waals surface area contributed by atoms with Gasteiger partial charge in [0.1, 0.15) is 4.21 Å². The highest BCUT2D eigenvalue weighted by atomic mass is 35.5. The summed E-state index contributed by atoms with van der Waals surface area (Å²) in [6.07, 6.45) is 1.53. The molecule has 2 aliphatic heterocycles. The largest absolute Gasteiger partial charge is 0.369 e. The van der Waals surface area contributed by atoms with Gasteiger partial charge in [-0.3, -0.25) is 9.69 Å². The fraction of sp³-hybridized carbons (Fsp3) is 0.615. The van der Waals surface area contributed by atoms with E-state index in [1.807, 2.05) is 0 Å². The van der Waals surface area contributed by atoms with E-state index in [4.69, 9.17) is 17.3 Å². The second-order valence-electron chi connectivity index (χ2n) is 5.75. The van der Waals surface area contributed by atoms with Crippen molar-refractivity contribution in [3.8, 4) is 0 Å². The van der Waals surface area contributed by atoms with Gasteiger partial charge in [-0.1, -0.05) is 11.6 Å². The van der Waals surface area contributed by atoms with Crippen LogP contribution in [0, 0.1) is 5.92 Å². The second-order valence-corrected chi connectivity index (χ2v) is 9.63. The van der Waals surface area contributed by atoms with Crippen LogP contribution in [0.2, 0.25) is 4.34 Å². The first-order chi connectivity index (χ1) is 10.4. The topological polar surface area (TPSA) is 83.7 Å². The lowest BCUT2D eigenvalue weighted by Gasteiger charge is -2.46. The number of carbonyl (C=O) groups excluding carboxylic acids is 1. The van der Waals surface area contributed by atoms with E-state index in [2.05, 4.69) is 4.90 Å². The first-order valence-corrected chi connectivity index (χ1v) is 9.80. The summed E-state index contributed by atoms with van der Waals surface area (Å²) in [7, 11) is -3.41. The summed E-state index contributed by atoms with van der Waals surface area (Å²) in [4.78, 5) is 13.4. The highest BCUT2D eigenvalue weighted by Gasteiger charge is 2.41. The van der Waals surface area contributed by atoms with Crippen molar-refractivity contribution in [1.29, 1.82) is 0 Å². The molecule has 9 heteroatoms. The van der Waals surface area contributed by atoms with Crippen LogP contribution in [0.4, 0.5) is 0 Å². The Morgan fingerprint density at radius 1 is 1.27 bits per heavy atom. The molecular weight excluding hydrogens is 346 g/mol. The van der Waals surface area contributed by atoms with Crippen molar-refractivity contribution in [2.45, 2.75) is 23.1 Å². The maximum atomic E-state index is 12.4. The Labute approximate surface area is 138 Å². The number of primary amides is 1. The van der Waals surface area contributed by atoms with Gasteiger partial charge < -0.3 is 5.73 Å². The van der Waals surface area contributed by atoms with Gasteiger partial charge in [0.15, 0.2) is 0 Å². The van der Waals surface area contributed by atoms with Crippen molar-refractivity contribution >= 4 is 38.9 Å². The van der Waals surface area contributed by atoms with E-state index in [1.165, 1.54) is 4.31 Å².